The molecule has 1 unspecified atom stereocenters. The van der Waals surface area contributed by atoms with Gasteiger partial charge in [0, 0.05) is 11.3 Å². The predicted octanol–water partition coefficient (Wildman–Crippen LogP) is 3.18. The highest BCUT2D eigenvalue weighted by Gasteiger charge is 2.27. The highest BCUT2D eigenvalue weighted by Crippen LogP contribution is 2.46. The van der Waals surface area contributed by atoms with Gasteiger partial charge in [-0.25, -0.2) is 0 Å². The molecule has 0 saturated carbocycles. The summed E-state index contributed by atoms with van der Waals surface area (Å²) in [7, 11) is 0. The molecule has 1 radical (unpaired) electrons. The third kappa shape index (κ3) is 1.07. The van der Waals surface area contributed by atoms with E-state index in [-0.39, 0.29) is 0 Å². The molecule has 1 atom stereocenters. The molecule has 0 spiro atoms. The summed E-state index contributed by atoms with van der Waals surface area (Å²) in [6, 6.07) is 0. The van der Waals surface area contributed by atoms with Crippen molar-refractivity contribution in [2.45, 2.75) is 5.25 Å². The molecule has 1 heteroatoms. The first-order valence-electron chi connectivity index (χ1n) is 4.43. The molecule has 63 valence electrons. The van der Waals surface area contributed by atoms with Gasteiger partial charge in [-0.1, -0.05) is 36.5 Å². The van der Waals surface area contributed by atoms with Crippen LogP contribution in [0.2, 0.25) is 0 Å². The van der Waals surface area contributed by atoms with Crippen molar-refractivity contribution in [3.8, 4) is 0 Å². The molecule has 0 aromatic carbocycles. The monoisotopic (exact) mass is 185 g/mol. The number of hydrogen-bond donors (Lipinski definition) is 0. The van der Waals surface area contributed by atoms with Crippen LogP contribution < -0.4 is 0 Å². The van der Waals surface area contributed by atoms with Gasteiger partial charge in [0.1, 0.15) is 0 Å². The van der Waals surface area contributed by atoms with Gasteiger partial charge in [0.05, 0.1) is 5.25 Å². The van der Waals surface area contributed by atoms with E-state index in [0.717, 1.165) is 0 Å². The lowest BCUT2D eigenvalue weighted by atomic mass is 9.96. The lowest BCUT2D eigenvalue weighted by Gasteiger charge is -2.08. The van der Waals surface area contributed by atoms with Crippen LogP contribution in [0, 0.1) is 6.42 Å². The minimum Gasteiger partial charge on any atom is -0.113 e. The Bertz CT molecular complexity index is 391. The Morgan fingerprint density at radius 3 is 3.08 bits per heavy atom. The lowest BCUT2D eigenvalue weighted by molar-refractivity contribution is 1.27. The minimum atomic E-state index is 0.558. The molecule has 3 rings (SSSR count). The average Bonchev–Trinajstić information content (AvgIpc) is 2.56. The molecule has 1 heterocycles. The van der Waals surface area contributed by atoms with E-state index in [1.54, 1.807) is 0 Å². The smallest absolute Gasteiger partial charge is 0.0531 e. The minimum absolute atomic E-state index is 0.558. The molecule has 13 heavy (non-hydrogen) atoms. The topological polar surface area (TPSA) is 0 Å². The van der Waals surface area contributed by atoms with E-state index in [4.69, 9.17) is 0 Å². The Morgan fingerprint density at radius 1 is 1.08 bits per heavy atom. The van der Waals surface area contributed by atoms with Gasteiger partial charge in [0.15, 0.2) is 0 Å². The van der Waals surface area contributed by atoms with Gasteiger partial charge in [-0.2, -0.15) is 0 Å². The van der Waals surface area contributed by atoms with Crippen molar-refractivity contribution in [2.24, 2.45) is 0 Å². The molecule has 0 bridgehead atoms. The van der Waals surface area contributed by atoms with Crippen molar-refractivity contribution in [1.29, 1.82) is 0 Å². The number of fused-ring (bicyclic) bond motifs is 2. The zero-order valence-corrected chi connectivity index (χ0v) is 7.92. The molecule has 1 aliphatic heterocycles. The van der Waals surface area contributed by atoms with E-state index in [9.17, 15) is 0 Å². The van der Waals surface area contributed by atoms with Crippen molar-refractivity contribution in [3.05, 3.63) is 65.0 Å². The zero-order chi connectivity index (χ0) is 8.67. The van der Waals surface area contributed by atoms with Crippen molar-refractivity contribution in [3.63, 3.8) is 0 Å². The number of hydrogen-bond acceptors (Lipinski definition) is 1. The zero-order valence-electron chi connectivity index (χ0n) is 7.10. The van der Waals surface area contributed by atoms with E-state index >= 15 is 0 Å². The van der Waals surface area contributed by atoms with Crippen molar-refractivity contribution >= 4 is 11.8 Å². The molecule has 2 aliphatic carbocycles. The van der Waals surface area contributed by atoms with Crippen molar-refractivity contribution in [2.75, 3.05) is 0 Å². The van der Waals surface area contributed by atoms with Gasteiger partial charge in [-0.05, 0) is 17.2 Å². The molecule has 0 N–H and O–H groups in total. The lowest BCUT2D eigenvalue weighted by Crippen LogP contribution is -1.99. The largest absolute Gasteiger partial charge is 0.113 e. The second-order valence-corrected chi connectivity index (χ2v) is 4.42. The molecule has 0 fully saturated rings. The van der Waals surface area contributed by atoms with Gasteiger partial charge in [-0.3, -0.25) is 0 Å². The molecule has 3 aliphatic rings. The van der Waals surface area contributed by atoms with E-state index in [1.165, 1.54) is 16.1 Å². The summed E-state index contributed by atoms with van der Waals surface area (Å²) in [6.45, 7) is 0. The van der Waals surface area contributed by atoms with Crippen LogP contribution in [0.3, 0.4) is 0 Å². The van der Waals surface area contributed by atoms with Crippen LogP contribution in [0.1, 0.15) is 0 Å². The normalized spacial score (nSPS) is 28.9. The summed E-state index contributed by atoms with van der Waals surface area (Å²) >= 11 is 1.94. The molecular formula is C12H9S. The SMILES string of the molecule is [CH]1C=CC=C2SC3C=CC=CC3=C12. The first kappa shape index (κ1) is 7.45. The Kier molecular flexibility index (Phi) is 1.59. The summed E-state index contributed by atoms with van der Waals surface area (Å²) in [5.74, 6) is 0. The molecule has 0 saturated heterocycles. The molecule has 0 amide bonds. The fourth-order valence-electron chi connectivity index (χ4n) is 1.81. The summed E-state index contributed by atoms with van der Waals surface area (Å²) in [4.78, 5) is 1.42. The summed E-state index contributed by atoms with van der Waals surface area (Å²) < 4.78 is 0. The molecular weight excluding hydrogens is 176 g/mol. The van der Waals surface area contributed by atoms with Crippen LogP contribution >= 0.6 is 11.8 Å². The van der Waals surface area contributed by atoms with Gasteiger partial charge in [0.25, 0.3) is 0 Å². The van der Waals surface area contributed by atoms with Crippen LogP contribution in [0.5, 0.6) is 0 Å². The van der Waals surface area contributed by atoms with E-state index < -0.39 is 0 Å². The predicted molar refractivity (Wildman–Crippen MR) is 58.2 cm³/mol. The Hall–Kier alpha value is -0.950. The van der Waals surface area contributed by atoms with E-state index in [2.05, 4.69) is 49.0 Å². The summed E-state index contributed by atoms with van der Waals surface area (Å²) in [5, 5.41) is 0.558. The standard InChI is InChI=1S/C12H9S/c1-3-7-11-9(5-1)10-6-2-4-8-12(10)13-11/h1-8,11H. The Morgan fingerprint density at radius 2 is 2.08 bits per heavy atom. The fourth-order valence-corrected chi connectivity index (χ4v) is 3.06. The van der Waals surface area contributed by atoms with Crippen molar-refractivity contribution < 1.29 is 0 Å². The fraction of sp³-hybridized carbons (Fsp3) is 0.0833. The Balaban J connectivity index is 2.13. The highest BCUT2D eigenvalue weighted by molar-refractivity contribution is 8.04. The van der Waals surface area contributed by atoms with Gasteiger partial charge in [-0.15, -0.1) is 11.8 Å². The second-order valence-electron chi connectivity index (χ2n) is 3.23. The van der Waals surface area contributed by atoms with Crippen LogP contribution in [0.25, 0.3) is 0 Å². The third-order valence-corrected chi connectivity index (χ3v) is 3.71. The number of allylic oxidation sites excluding steroid dienone is 7. The van der Waals surface area contributed by atoms with Crippen molar-refractivity contribution in [1.82, 2.24) is 0 Å². The van der Waals surface area contributed by atoms with E-state index in [1.807, 2.05) is 11.8 Å². The molecule has 0 aromatic heterocycles. The maximum atomic E-state index is 2.26. The third-order valence-electron chi connectivity index (χ3n) is 2.43. The number of rotatable bonds is 0. The van der Waals surface area contributed by atoms with Gasteiger partial charge < -0.3 is 0 Å². The summed E-state index contributed by atoms with van der Waals surface area (Å²) in [5.41, 5.74) is 2.88. The van der Waals surface area contributed by atoms with Gasteiger partial charge in [0.2, 0.25) is 0 Å². The molecule has 0 aromatic rings. The quantitative estimate of drug-likeness (QED) is 0.558. The Labute approximate surface area is 82.4 Å². The average molecular weight is 185 g/mol. The highest BCUT2D eigenvalue weighted by atomic mass is 32.2. The van der Waals surface area contributed by atoms with Crippen LogP contribution in [-0.2, 0) is 0 Å². The second kappa shape index (κ2) is 2.78. The first-order valence-corrected chi connectivity index (χ1v) is 5.31. The van der Waals surface area contributed by atoms with Crippen LogP contribution in [0.15, 0.2) is 58.6 Å². The van der Waals surface area contributed by atoms with Crippen LogP contribution in [0.4, 0.5) is 0 Å². The maximum absolute atomic E-state index is 2.26. The maximum Gasteiger partial charge on any atom is 0.0531 e. The summed E-state index contributed by atoms with van der Waals surface area (Å²) in [6.07, 6.45) is 17.4. The van der Waals surface area contributed by atoms with E-state index in [0.29, 0.717) is 5.25 Å². The number of thioether (sulfide) groups is 1. The van der Waals surface area contributed by atoms with Gasteiger partial charge >= 0.3 is 0 Å². The first-order chi connectivity index (χ1) is 6.45. The van der Waals surface area contributed by atoms with Crippen LogP contribution in [-0.4, -0.2) is 5.25 Å². The molecule has 0 nitrogen and oxygen atoms in total.